The van der Waals surface area contributed by atoms with E-state index < -0.39 is 0 Å². The van der Waals surface area contributed by atoms with Crippen LogP contribution in [-0.4, -0.2) is 56.2 Å². The van der Waals surface area contributed by atoms with Crippen LogP contribution in [0.25, 0.3) is 11.2 Å². The van der Waals surface area contributed by atoms with E-state index in [1.807, 2.05) is 29.4 Å². The number of ether oxygens (including phenoxy) is 1. The van der Waals surface area contributed by atoms with Gasteiger partial charge in [0.05, 0.1) is 11.9 Å². The average molecular weight is 435 g/mol. The number of hydrogen-bond acceptors (Lipinski definition) is 5. The van der Waals surface area contributed by atoms with Crippen LogP contribution in [0.5, 0.6) is 5.75 Å². The number of carbonyl (C=O) groups excluding carboxylic acids is 1. The van der Waals surface area contributed by atoms with Crippen LogP contribution in [-0.2, 0) is 11.2 Å². The number of aryl methyl sites for hydroxylation is 1. The van der Waals surface area contributed by atoms with Gasteiger partial charge in [-0.05, 0) is 68.7 Å². The zero-order chi connectivity index (χ0) is 21.9. The SMILES string of the molecule is O=C(c1cnc2c(c1)ncn2C1CCOCC1)N1CCCCC1CCc1ccc(O)cc1. The van der Waals surface area contributed by atoms with Crippen molar-refractivity contribution in [1.82, 2.24) is 19.4 Å². The van der Waals surface area contributed by atoms with Crippen LogP contribution in [0.1, 0.15) is 60.5 Å². The average Bonchev–Trinajstić information content (AvgIpc) is 3.27. The molecule has 4 heterocycles. The molecule has 2 aliphatic rings. The van der Waals surface area contributed by atoms with Crippen molar-refractivity contribution < 1.29 is 14.6 Å². The summed E-state index contributed by atoms with van der Waals surface area (Å²) in [7, 11) is 0. The molecule has 2 aliphatic heterocycles. The molecule has 7 nitrogen and oxygen atoms in total. The summed E-state index contributed by atoms with van der Waals surface area (Å²) in [5.74, 6) is 0.334. The molecule has 7 heteroatoms. The van der Waals surface area contributed by atoms with Crippen LogP contribution in [0.3, 0.4) is 0 Å². The molecule has 0 spiro atoms. The van der Waals surface area contributed by atoms with Crippen LogP contribution in [0.2, 0.25) is 0 Å². The molecule has 2 saturated heterocycles. The summed E-state index contributed by atoms with van der Waals surface area (Å²) < 4.78 is 7.61. The number of hydrogen-bond donors (Lipinski definition) is 1. The number of benzene rings is 1. The van der Waals surface area contributed by atoms with E-state index in [0.717, 1.165) is 75.9 Å². The number of phenolic OH excluding ortho intramolecular Hbond substituents is 1. The van der Waals surface area contributed by atoms with Gasteiger partial charge in [-0.1, -0.05) is 12.1 Å². The second-order valence-electron chi connectivity index (χ2n) is 8.92. The highest BCUT2D eigenvalue weighted by atomic mass is 16.5. The molecule has 0 bridgehead atoms. The maximum atomic E-state index is 13.4. The normalized spacial score (nSPS) is 20.0. The van der Waals surface area contributed by atoms with Crippen LogP contribution >= 0.6 is 0 Å². The van der Waals surface area contributed by atoms with Crippen LogP contribution in [0, 0.1) is 0 Å². The Morgan fingerprint density at radius 2 is 1.91 bits per heavy atom. The van der Waals surface area contributed by atoms with Crippen molar-refractivity contribution in [1.29, 1.82) is 0 Å². The molecule has 1 N–H and O–H groups in total. The number of rotatable bonds is 5. The van der Waals surface area contributed by atoms with Gasteiger partial charge in [0.2, 0.25) is 0 Å². The Labute approximate surface area is 188 Å². The van der Waals surface area contributed by atoms with Crippen molar-refractivity contribution >= 4 is 17.1 Å². The Kier molecular flexibility index (Phi) is 6.08. The van der Waals surface area contributed by atoms with Gasteiger partial charge < -0.3 is 19.3 Å². The molecule has 2 aromatic heterocycles. The molecule has 1 aromatic carbocycles. The number of fused-ring (bicyclic) bond motifs is 1. The van der Waals surface area contributed by atoms with Gasteiger partial charge in [-0.15, -0.1) is 0 Å². The molecule has 1 atom stereocenters. The first-order valence-corrected chi connectivity index (χ1v) is 11.7. The Balaban J connectivity index is 1.31. The van der Waals surface area contributed by atoms with Gasteiger partial charge >= 0.3 is 0 Å². The minimum atomic E-state index is 0.0513. The Hall–Kier alpha value is -2.93. The lowest BCUT2D eigenvalue weighted by molar-refractivity contribution is 0.0601. The molecule has 0 aliphatic carbocycles. The van der Waals surface area contributed by atoms with Crippen molar-refractivity contribution in [3.8, 4) is 5.75 Å². The third-order valence-corrected chi connectivity index (χ3v) is 6.83. The van der Waals surface area contributed by atoms with Crippen LogP contribution in [0.15, 0.2) is 42.9 Å². The Morgan fingerprint density at radius 1 is 1.09 bits per heavy atom. The minimum absolute atomic E-state index is 0.0513. The largest absolute Gasteiger partial charge is 0.508 e. The molecule has 0 radical (unpaired) electrons. The van der Waals surface area contributed by atoms with Gasteiger partial charge in [-0.3, -0.25) is 4.79 Å². The maximum Gasteiger partial charge on any atom is 0.255 e. The Bertz CT molecular complexity index is 1070. The number of piperidine rings is 1. The fourth-order valence-corrected chi connectivity index (χ4v) is 5.00. The molecule has 1 amide bonds. The number of imidazole rings is 1. The second-order valence-corrected chi connectivity index (χ2v) is 8.92. The topological polar surface area (TPSA) is 80.5 Å². The molecule has 2 fully saturated rings. The molecule has 1 unspecified atom stereocenters. The monoisotopic (exact) mass is 434 g/mol. The summed E-state index contributed by atoms with van der Waals surface area (Å²) in [6, 6.07) is 9.83. The molecule has 3 aromatic rings. The number of amides is 1. The number of nitrogens with zero attached hydrogens (tertiary/aromatic N) is 4. The van der Waals surface area contributed by atoms with Crippen molar-refractivity contribution in [2.24, 2.45) is 0 Å². The summed E-state index contributed by atoms with van der Waals surface area (Å²) in [6.07, 6.45) is 10.5. The van der Waals surface area contributed by atoms with Gasteiger partial charge in [0.25, 0.3) is 5.91 Å². The highest BCUT2D eigenvalue weighted by Gasteiger charge is 2.28. The molecular formula is C25H30N4O3. The van der Waals surface area contributed by atoms with E-state index >= 15 is 0 Å². The number of aromatic hydroxyl groups is 1. The van der Waals surface area contributed by atoms with Crippen molar-refractivity contribution in [3.05, 3.63) is 54.0 Å². The van der Waals surface area contributed by atoms with Crippen molar-refractivity contribution in [2.45, 2.75) is 57.0 Å². The number of likely N-dealkylation sites (tertiary alicyclic amines) is 1. The lowest BCUT2D eigenvalue weighted by atomic mass is 9.95. The first kappa shape index (κ1) is 20.9. The van der Waals surface area contributed by atoms with E-state index in [-0.39, 0.29) is 17.7 Å². The fourth-order valence-electron chi connectivity index (χ4n) is 5.00. The van der Waals surface area contributed by atoms with E-state index in [1.54, 1.807) is 18.3 Å². The van der Waals surface area contributed by atoms with E-state index in [0.29, 0.717) is 11.6 Å². The van der Waals surface area contributed by atoms with Gasteiger partial charge in [0, 0.05) is 38.0 Å². The summed E-state index contributed by atoms with van der Waals surface area (Å²) in [4.78, 5) is 24.7. The van der Waals surface area contributed by atoms with Crippen LogP contribution < -0.4 is 0 Å². The lowest BCUT2D eigenvalue weighted by Crippen LogP contribution is -2.44. The molecule has 32 heavy (non-hydrogen) atoms. The third-order valence-electron chi connectivity index (χ3n) is 6.83. The number of phenols is 1. The first-order chi connectivity index (χ1) is 15.7. The summed E-state index contributed by atoms with van der Waals surface area (Å²) in [5, 5.41) is 9.49. The van der Waals surface area contributed by atoms with E-state index in [1.165, 1.54) is 5.56 Å². The van der Waals surface area contributed by atoms with E-state index in [4.69, 9.17) is 4.74 Å². The van der Waals surface area contributed by atoms with E-state index in [9.17, 15) is 9.90 Å². The molecular weight excluding hydrogens is 404 g/mol. The molecule has 0 saturated carbocycles. The van der Waals surface area contributed by atoms with Gasteiger partial charge in [-0.25, -0.2) is 9.97 Å². The maximum absolute atomic E-state index is 13.4. The molecule has 168 valence electrons. The number of pyridine rings is 1. The summed E-state index contributed by atoms with van der Waals surface area (Å²) in [6.45, 7) is 2.32. The standard InChI is InChI=1S/C25H30N4O3/c30-22-8-5-18(6-9-22)4-7-20-3-1-2-12-28(20)25(31)19-15-23-24(26-16-19)29(17-27-23)21-10-13-32-14-11-21/h5-6,8-9,15-17,20-21,30H,1-4,7,10-14H2. The zero-order valence-corrected chi connectivity index (χ0v) is 18.3. The van der Waals surface area contributed by atoms with E-state index in [2.05, 4.69) is 14.5 Å². The quantitative estimate of drug-likeness (QED) is 0.653. The highest BCUT2D eigenvalue weighted by molar-refractivity contribution is 5.96. The number of carbonyl (C=O) groups is 1. The predicted molar refractivity (Wildman–Crippen MR) is 122 cm³/mol. The minimum Gasteiger partial charge on any atom is -0.508 e. The summed E-state index contributed by atoms with van der Waals surface area (Å²) >= 11 is 0. The van der Waals surface area contributed by atoms with Crippen molar-refractivity contribution in [2.75, 3.05) is 19.8 Å². The lowest BCUT2D eigenvalue weighted by Gasteiger charge is -2.36. The smallest absolute Gasteiger partial charge is 0.255 e. The Morgan fingerprint density at radius 3 is 2.72 bits per heavy atom. The second kappa shape index (κ2) is 9.28. The van der Waals surface area contributed by atoms with Crippen molar-refractivity contribution in [3.63, 3.8) is 0 Å². The predicted octanol–water partition coefficient (Wildman–Crippen LogP) is 4.12. The highest BCUT2D eigenvalue weighted by Crippen LogP contribution is 2.27. The zero-order valence-electron chi connectivity index (χ0n) is 18.3. The van der Waals surface area contributed by atoms with Gasteiger partial charge in [0.15, 0.2) is 5.65 Å². The third kappa shape index (κ3) is 4.35. The fraction of sp³-hybridized carbons (Fsp3) is 0.480. The van der Waals surface area contributed by atoms with Gasteiger partial charge in [-0.2, -0.15) is 0 Å². The first-order valence-electron chi connectivity index (χ1n) is 11.7. The molecule has 5 rings (SSSR count). The summed E-state index contributed by atoms with van der Waals surface area (Å²) in [5.41, 5.74) is 3.42. The number of aromatic nitrogens is 3. The van der Waals surface area contributed by atoms with Crippen LogP contribution in [0.4, 0.5) is 0 Å². The van der Waals surface area contributed by atoms with Gasteiger partial charge in [0.1, 0.15) is 11.3 Å².